The van der Waals surface area contributed by atoms with E-state index in [1.165, 1.54) is 28.0 Å². The molecule has 2 N–H and O–H groups in total. The number of quaternary nitrogens is 1. The van der Waals surface area contributed by atoms with Gasteiger partial charge in [0.1, 0.15) is 17.9 Å². The van der Waals surface area contributed by atoms with Crippen molar-refractivity contribution in [3.8, 4) is 0 Å². The number of allylic oxidation sites excluding steroid dienone is 1. The van der Waals surface area contributed by atoms with E-state index >= 15 is 0 Å². The molecule has 0 unspecified atom stereocenters. The van der Waals surface area contributed by atoms with E-state index < -0.39 is 0 Å². The molecule has 2 aromatic rings. The number of hydrogen-bond acceptors (Lipinski definition) is 6. The summed E-state index contributed by atoms with van der Waals surface area (Å²) in [7, 11) is 0. The maximum Gasteiger partial charge on any atom is 0.263 e. The van der Waals surface area contributed by atoms with Gasteiger partial charge in [-0.05, 0) is 19.4 Å². The van der Waals surface area contributed by atoms with Crippen LogP contribution in [0.3, 0.4) is 0 Å². The van der Waals surface area contributed by atoms with Crippen LogP contribution in [0.4, 0.5) is 0 Å². The predicted molar refractivity (Wildman–Crippen MR) is 118 cm³/mol. The molecule has 0 saturated carbocycles. The average molecular weight is 438 g/mol. The number of carbonyl (C=O) groups excluding carboxylic acids is 1. The summed E-state index contributed by atoms with van der Waals surface area (Å²) in [6.45, 7) is 13.5. The summed E-state index contributed by atoms with van der Waals surface area (Å²) in [4.78, 5) is 33.2. The highest BCUT2D eigenvalue weighted by atomic mass is 32.2. The highest BCUT2D eigenvalue weighted by Gasteiger charge is 2.17. The van der Waals surface area contributed by atoms with Crippen molar-refractivity contribution in [1.82, 2.24) is 14.9 Å². The van der Waals surface area contributed by atoms with Gasteiger partial charge < -0.3 is 15.0 Å². The van der Waals surface area contributed by atoms with Gasteiger partial charge in [-0.25, -0.2) is 4.98 Å². The van der Waals surface area contributed by atoms with Crippen LogP contribution in [0.2, 0.25) is 0 Å². The molecular weight excluding hydrogens is 408 g/mol. The van der Waals surface area contributed by atoms with Crippen LogP contribution in [0.15, 0.2) is 22.6 Å². The number of thiophene rings is 1. The number of carbonyl (C=O) groups is 1. The zero-order valence-corrected chi connectivity index (χ0v) is 18.7. The van der Waals surface area contributed by atoms with E-state index in [1.54, 1.807) is 10.6 Å². The lowest BCUT2D eigenvalue weighted by atomic mass is 10.2. The number of morpholine rings is 1. The molecule has 3 heterocycles. The second kappa shape index (κ2) is 10.4. The van der Waals surface area contributed by atoms with Gasteiger partial charge in [0.15, 0.2) is 5.16 Å². The van der Waals surface area contributed by atoms with E-state index in [0.717, 1.165) is 54.5 Å². The molecule has 1 aliphatic rings. The molecule has 7 nitrogen and oxygen atoms in total. The fraction of sp³-hybridized carbons (Fsp3) is 0.550. The number of thioether (sulfide) groups is 1. The summed E-state index contributed by atoms with van der Waals surface area (Å²) >= 11 is 2.83. The number of aromatic nitrogens is 2. The first-order valence-electron chi connectivity index (χ1n) is 9.93. The lowest BCUT2D eigenvalue weighted by molar-refractivity contribution is -0.908. The maximum absolute atomic E-state index is 12.9. The fourth-order valence-corrected chi connectivity index (χ4v) is 5.28. The molecule has 3 rings (SSSR count). The fourth-order valence-electron chi connectivity index (χ4n) is 3.37. The molecule has 1 fully saturated rings. The number of rotatable bonds is 9. The first-order valence-corrected chi connectivity index (χ1v) is 11.7. The van der Waals surface area contributed by atoms with Crippen molar-refractivity contribution in [2.24, 2.45) is 0 Å². The van der Waals surface area contributed by atoms with Gasteiger partial charge in [-0.1, -0.05) is 17.8 Å². The molecule has 0 spiro atoms. The van der Waals surface area contributed by atoms with Gasteiger partial charge in [0.25, 0.3) is 5.56 Å². The molecule has 1 saturated heterocycles. The zero-order chi connectivity index (χ0) is 20.8. The quantitative estimate of drug-likeness (QED) is 0.262. The van der Waals surface area contributed by atoms with Crippen LogP contribution in [-0.2, 0) is 16.1 Å². The Kier molecular flexibility index (Phi) is 7.88. The van der Waals surface area contributed by atoms with Gasteiger partial charge in [-0.3, -0.25) is 14.2 Å². The van der Waals surface area contributed by atoms with E-state index in [2.05, 4.69) is 16.9 Å². The van der Waals surface area contributed by atoms with E-state index in [9.17, 15) is 9.59 Å². The molecule has 2 aromatic heterocycles. The summed E-state index contributed by atoms with van der Waals surface area (Å²) in [5.74, 6) is 0.202. The maximum atomic E-state index is 12.9. The van der Waals surface area contributed by atoms with Gasteiger partial charge in [-0.15, -0.1) is 17.9 Å². The van der Waals surface area contributed by atoms with Crippen molar-refractivity contribution in [1.29, 1.82) is 0 Å². The third-order valence-corrected chi connectivity index (χ3v) is 7.20. The van der Waals surface area contributed by atoms with Crippen LogP contribution in [0.5, 0.6) is 0 Å². The average Bonchev–Trinajstić information content (AvgIpc) is 3.00. The number of nitrogens with zero attached hydrogens (tertiary/aromatic N) is 2. The Bertz CT molecular complexity index is 932. The molecule has 0 radical (unpaired) electrons. The smallest absolute Gasteiger partial charge is 0.263 e. The highest BCUT2D eigenvalue weighted by molar-refractivity contribution is 7.99. The van der Waals surface area contributed by atoms with Crippen molar-refractivity contribution < 1.29 is 14.4 Å². The van der Waals surface area contributed by atoms with E-state index in [4.69, 9.17) is 4.74 Å². The molecule has 1 amide bonds. The first kappa shape index (κ1) is 22.0. The van der Waals surface area contributed by atoms with Crippen LogP contribution in [0, 0.1) is 13.8 Å². The molecule has 158 valence electrons. The topological polar surface area (TPSA) is 77.7 Å². The molecule has 0 aliphatic carbocycles. The molecular formula is C20H29N4O3S2+. The van der Waals surface area contributed by atoms with Crippen LogP contribution in [0.1, 0.15) is 16.9 Å². The second-order valence-corrected chi connectivity index (χ2v) is 9.31. The van der Waals surface area contributed by atoms with Crippen molar-refractivity contribution >= 4 is 39.2 Å². The number of nitrogens with one attached hydrogen (secondary N) is 2. The number of amides is 1. The Balaban J connectivity index is 1.57. The highest BCUT2D eigenvalue weighted by Crippen LogP contribution is 2.28. The Labute approximate surface area is 179 Å². The SMILES string of the molecule is C=CCn1c(SCC(=O)NCCC[NH+]2CCOCC2)nc2sc(C)c(C)c2c1=O. The summed E-state index contributed by atoms with van der Waals surface area (Å²) in [6, 6.07) is 0. The molecule has 0 aromatic carbocycles. The Morgan fingerprint density at radius 2 is 2.17 bits per heavy atom. The third-order valence-electron chi connectivity index (χ3n) is 5.13. The van der Waals surface area contributed by atoms with Crippen LogP contribution < -0.4 is 15.8 Å². The second-order valence-electron chi connectivity index (χ2n) is 7.17. The molecule has 1 aliphatic heterocycles. The van der Waals surface area contributed by atoms with Crippen LogP contribution in [0.25, 0.3) is 10.2 Å². The van der Waals surface area contributed by atoms with Gasteiger partial charge in [0.2, 0.25) is 5.91 Å². The Morgan fingerprint density at radius 3 is 2.90 bits per heavy atom. The van der Waals surface area contributed by atoms with Crippen molar-refractivity contribution in [2.45, 2.75) is 32.0 Å². The summed E-state index contributed by atoms with van der Waals surface area (Å²) in [6.07, 6.45) is 2.63. The van der Waals surface area contributed by atoms with Gasteiger partial charge in [-0.2, -0.15) is 0 Å². The monoisotopic (exact) mass is 437 g/mol. The van der Waals surface area contributed by atoms with E-state index in [0.29, 0.717) is 23.6 Å². The zero-order valence-electron chi connectivity index (χ0n) is 17.1. The third kappa shape index (κ3) is 5.48. The number of aryl methyl sites for hydroxylation is 2. The summed E-state index contributed by atoms with van der Waals surface area (Å²) < 4.78 is 6.96. The van der Waals surface area contributed by atoms with Gasteiger partial charge in [0.05, 0.1) is 30.9 Å². The van der Waals surface area contributed by atoms with Crippen LogP contribution in [-0.4, -0.2) is 60.6 Å². The molecule has 9 heteroatoms. The lowest BCUT2D eigenvalue weighted by Gasteiger charge is -2.23. The summed E-state index contributed by atoms with van der Waals surface area (Å²) in [5.41, 5.74) is 0.921. The minimum Gasteiger partial charge on any atom is -0.370 e. The first-order chi connectivity index (χ1) is 14.0. The Hall–Kier alpha value is -1.68. The predicted octanol–water partition coefficient (Wildman–Crippen LogP) is 0.774. The van der Waals surface area contributed by atoms with E-state index in [1.807, 2.05) is 13.8 Å². The minimum absolute atomic E-state index is 0.0370. The normalized spacial score (nSPS) is 15.0. The number of fused-ring (bicyclic) bond motifs is 1. The molecule has 29 heavy (non-hydrogen) atoms. The van der Waals surface area contributed by atoms with Crippen LogP contribution >= 0.6 is 23.1 Å². The Morgan fingerprint density at radius 1 is 1.41 bits per heavy atom. The van der Waals surface area contributed by atoms with Crippen molar-refractivity contribution in [2.75, 3.05) is 45.1 Å². The summed E-state index contributed by atoms with van der Waals surface area (Å²) in [5, 5.41) is 4.21. The number of hydrogen-bond donors (Lipinski definition) is 2. The lowest BCUT2D eigenvalue weighted by Crippen LogP contribution is -3.14. The van der Waals surface area contributed by atoms with Gasteiger partial charge >= 0.3 is 0 Å². The minimum atomic E-state index is -0.0619. The molecule has 0 bridgehead atoms. The standard InChI is InChI=1S/C20H28N4O3S2/c1-4-7-24-19(26)17-14(2)15(3)29-18(17)22-20(24)28-13-16(25)21-6-5-8-23-9-11-27-12-10-23/h4H,1,5-13H2,2-3H3,(H,21,25)/p+1. The largest absolute Gasteiger partial charge is 0.370 e. The van der Waals surface area contributed by atoms with E-state index in [-0.39, 0.29) is 17.2 Å². The number of ether oxygens (including phenoxy) is 1. The van der Waals surface area contributed by atoms with Crippen molar-refractivity contribution in [3.63, 3.8) is 0 Å². The molecule has 0 atom stereocenters. The van der Waals surface area contributed by atoms with Gasteiger partial charge in [0, 0.05) is 24.4 Å². The van der Waals surface area contributed by atoms with Crippen molar-refractivity contribution in [3.05, 3.63) is 33.4 Å².